The third-order valence-electron chi connectivity index (χ3n) is 4.32. The van der Waals surface area contributed by atoms with E-state index in [1.807, 2.05) is 48.5 Å². The molecule has 6 heteroatoms. The van der Waals surface area contributed by atoms with E-state index in [2.05, 4.69) is 10.6 Å². The van der Waals surface area contributed by atoms with Crippen molar-refractivity contribution in [2.75, 3.05) is 30.4 Å². The molecule has 0 radical (unpaired) electrons. The van der Waals surface area contributed by atoms with E-state index in [9.17, 15) is 9.59 Å². The fraction of sp³-hybridized carbons (Fsp3) is 0.300. The molecule has 1 saturated heterocycles. The van der Waals surface area contributed by atoms with Crippen LogP contribution in [0.25, 0.3) is 0 Å². The lowest BCUT2D eigenvalue weighted by atomic mass is 10.1. The Balaban J connectivity index is 1.53. The number of anilines is 2. The van der Waals surface area contributed by atoms with Gasteiger partial charge in [0, 0.05) is 30.9 Å². The predicted molar refractivity (Wildman–Crippen MR) is 102 cm³/mol. The van der Waals surface area contributed by atoms with Crippen LogP contribution in [0.3, 0.4) is 0 Å². The molecule has 136 valence electrons. The molecule has 26 heavy (non-hydrogen) atoms. The molecule has 0 saturated carbocycles. The summed E-state index contributed by atoms with van der Waals surface area (Å²) in [7, 11) is 1.63. The molecule has 0 bridgehead atoms. The summed E-state index contributed by atoms with van der Waals surface area (Å²) in [6.07, 6.45) is 1.97. The number of hydrogen-bond acceptors (Lipinski definition) is 3. The molecule has 0 aromatic heterocycles. The van der Waals surface area contributed by atoms with Gasteiger partial charge in [-0.1, -0.05) is 12.1 Å². The van der Waals surface area contributed by atoms with Gasteiger partial charge in [0.15, 0.2) is 0 Å². The fourth-order valence-electron chi connectivity index (χ4n) is 2.91. The molecule has 0 spiro atoms. The lowest BCUT2D eigenvalue weighted by molar-refractivity contribution is -0.116. The van der Waals surface area contributed by atoms with Crippen LogP contribution in [0, 0.1) is 0 Å². The summed E-state index contributed by atoms with van der Waals surface area (Å²) >= 11 is 0. The molecule has 1 heterocycles. The van der Waals surface area contributed by atoms with Crippen molar-refractivity contribution >= 4 is 23.3 Å². The molecule has 0 atom stereocenters. The highest BCUT2D eigenvalue weighted by Crippen LogP contribution is 2.20. The second-order valence-corrected chi connectivity index (χ2v) is 6.18. The van der Waals surface area contributed by atoms with E-state index < -0.39 is 0 Å². The molecule has 3 amide bonds. The number of hydrogen-bond donors (Lipinski definition) is 2. The van der Waals surface area contributed by atoms with Gasteiger partial charge in [0.1, 0.15) is 5.75 Å². The second-order valence-electron chi connectivity index (χ2n) is 6.18. The zero-order valence-corrected chi connectivity index (χ0v) is 14.8. The Kier molecular flexibility index (Phi) is 5.73. The first kappa shape index (κ1) is 17.8. The van der Waals surface area contributed by atoms with Crippen molar-refractivity contribution in [3.8, 4) is 5.75 Å². The van der Waals surface area contributed by atoms with Gasteiger partial charge >= 0.3 is 6.03 Å². The first-order valence-electron chi connectivity index (χ1n) is 8.74. The molecule has 0 aliphatic carbocycles. The number of aryl methyl sites for hydroxylation is 1. The molecule has 0 unspecified atom stereocenters. The van der Waals surface area contributed by atoms with E-state index >= 15 is 0 Å². The van der Waals surface area contributed by atoms with Gasteiger partial charge in [-0.3, -0.25) is 9.69 Å². The van der Waals surface area contributed by atoms with E-state index in [4.69, 9.17) is 4.74 Å². The molecule has 3 rings (SSSR count). The number of rotatable bonds is 6. The van der Waals surface area contributed by atoms with Crippen molar-refractivity contribution in [3.05, 3.63) is 54.1 Å². The first-order chi connectivity index (χ1) is 12.7. The Labute approximate surface area is 153 Å². The molecule has 1 fully saturated rings. The SMILES string of the molecule is COc1cccc(CCC(=O)Nc2ccc(N3CCCNC3=O)cc2)c1. The average molecular weight is 353 g/mol. The van der Waals surface area contributed by atoms with Crippen molar-refractivity contribution in [1.29, 1.82) is 0 Å². The van der Waals surface area contributed by atoms with Gasteiger partial charge in [-0.25, -0.2) is 4.79 Å². The van der Waals surface area contributed by atoms with Gasteiger partial charge in [-0.05, 0) is 54.8 Å². The monoisotopic (exact) mass is 353 g/mol. The Morgan fingerprint density at radius 2 is 2.04 bits per heavy atom. The summed E-state index contributed by atoms with van der Waals surface area (Å²) < 4.78 is 5.19. The van der Waals surface area contributed by atoms with Crippen LogP contribution in [0.15, 0.2) is 48.5 Å². The van der Waals surface area contributed by atoms with Crippen molar-refractivity contribution in [2.24, 2.45) is 0 Å². The Bertz CT molecular complexity index is 774. The molecule has 1 aliphatic rings. The van der Waals surface area contributed by atoms with Gasteiger partial charge in [-0.2, -0.15) is 0 Å². The molecule has 2 aromatic carbocycles. The number of urea groups is 1. The molecule has 2 N–H and O–H groups in total. The molecule has 1 aliphatic heterocycles. The fourth-order valence-corrected chi connectivity index (χ4v) is 2.91. The van der Waals surface area contributed by atoms with Crippen LogP contribution in [0.5, 0.6) is 5.75 Å². The van der Waals surface area contributed by atoms with Gasteiger partial charge in [-0.15, -0.1) is 0 Å². The van der Waals surface area contributed by atoms with Crippen molar-refractivity contribution in [1.82, 2.24) is 5.32 Å². The summed E-state index contributed by atoms with van der Waals surface area (Å²) in [5, 5.41) is 5.72. The zero-order chi connectivity index (χ0) is 18.4. The maximum absolute atomic E-state index is 12.2. The number of carbonyl (C=O) groups is 2. The minimum Gasteiger partial charge on any atom is -0.497 e. The van der Waals surface area contributed by atoms with Crippen molar-refractivity contribution in [3.63, 3.8) is 0 Å². The number of nitrogens with one attached hydrogen (secondary N) is 2. The number of ether oxygens (including phenoxy) is 1. The van der Waals surface area contributed by atoms with Gasteiger partial charge in [0.2, 0.25) is 5.91 Å². The Morgan fingerprint density at radius 1 is 1.23 bits per heavy atom. The summed E-state index contributed by atoms with van der Waals surface area (Å²) in [5.74, 6) is 0.747. The Morgan fingerprint density at radius 3 is 2.77 bits per heavy atom. The van der Waals surface area contributed by atoms with E-state index in [0.717, 1.165) is 35.7 Å². The van der Waals surface area contributed by atoms with Gasteiger partial charge in [0.25, 0.3) is 0 Å². The van der Waals surface area contributed by atoms with Crippen molar-refractivity contribution in [2.45, 2.75) is 19.3 Å². The maximum atomic E-state index is 12.2. The molecular formula is C20H23N3O3. The number of methoxy groups -OCH3 is 1. The van der Waals surface area contributed by atoms with Crippen LogP contribution in [-0.2, 0) is 11.2 Å². The third-order valence-corrected chi connectivity index (χ3v) is 4.32. The zero-order valence-electron chi connectivity index (χ0n) is 14.8. The lowest BCUT2D eigenvalue weighted by Crippen LogP contribution is -2.46. The van der Waals surface area contributed by atoms with Gasteiger partial charge in [0.05, 0.1) is 7.11 Å². The topological polar surface area (TPSA) is 70.7 Å². The standard InChI is InChI=1S/C20H23N3O3/c1-26-18-5-2-4-15(14-18)6-11-19(24)22-16-7-9-17(10-8-16)23-13-3-12-21-20(23)25/h2,4-5,7-10,14H,3,6,11-13H2,1H3,(H,21,25)(H,22,24). The van der Waals surface area contributed by atoms with Crippen LogP contribution < -0.4 is 20.3 Å². The molecule has 2 aromatic rings. The first-order valence-corrected chi connectivity index (χ1v) is 8.74. The summed E-state index contributed by atoms with van der Waals surface area (Å²) in [4.78, 5) is 25.7. The smallest absolute Gasteiger partial charge is 0.321 e. The largest absolute Gasteiger partial charge is 0.497 e. The second kappa shape index (κ2) is 8.38. The minimum atomic E-state index is -0.0775. The van der Waals surface area contributed by atoms with Gasteiger partial charge < -0.3 is 15.4 Å². The van der Waals surface area contributed by atoms with E-state index in [0.29, 0.717) is 19.4 Å². The van der Waals surface area contributed by atoms with Crippen molar-refractivity contribution < 1.29 is 14.3 Å². The average Bonchev–Trinajstić information content (AvgIpc) is 2.68. The maximum Gasteiger partial charge on any atom is 0.321 e. The molecule has 6 nitrogen and oxygen atoms in total. The van der Waals surface area contributed by atoms with E-state index in [1.54, 1.807) is 12.0 Å². The van der Waals surface area contributed by atoms with Crippen LogP contribution in [0.4, 0.5) is 16.2 Å². The van der Waals surface area contributed by atoms with Crippen LogP contribution in [-0.4, -0.2) is 32.1 Å². The van der Waals surface area contributed by atoms with Crippen LogP contribution in [0.1, 0.15) is 18.4 Å². The minimum absolute atomic E-state index is 0.0451. The highest BCUT2D eigenvalue weighted by atomic mass is 16.5. The normalized spacial score (nSPS) is 13.9. The van der Waals surface area contributed by atoms with E-state index in [-0.39, 0.29) is 11.9 Å². The predicted octanol–water partition coefficient (Wildman–Crippen LogP) is 3.19. The number of benzene rings is 2. The number of amides is 3. The Hall–Kier alpha value is -3.02. The summed E-state index contributed by atoms with van der Waals surface area (Å²) in [6.45, 7) is 1.43. The van der Waals surface area contributed by atoms with Crippen LogP contribution >= 0.6 is 0 Å². The van der Waals surface area contributed by atoms with E-state index in [1.165, 1.54) is 0 Å². The molecular weight excluding hydrogens is 330 g/mol. The summed E-state index contributed by atoms with van der Waals surface area (Å²) in [6, 6.07) is 15.0. The number of carbonyl (C=O) groups excluding carboxylic acids is 2. The number of nitrogens with zero attached hydrogens (tertiary/aromatic N) is 1. The highest BCUT2D eigenvalue weighted by Gasteiger charge is 2.18. The van der Waals surface area contributed by atoms with Crippen LogP contribution in [0.2, 0.25) is 0 Å². The lowest BCUT2D eigenvalue weighted by Gasteiger charge is -2.27. The third kappa shape index (κ3) is 4.53. The summed E-state index contributed by atoms with van der Waals surface area (Å²) in [5.41, 5.74) is 2.62. The highest BCUT2D eigenvalue weighted by molar-refractivity contribution is 5.94. The quantitative estimate of drug-likeness (QED) is 0.838.